The molecule has 28 heavy (non-hydrogen) atoms. The lowest BCUT2D eigenvalue weighted by atomic mass is 10.2. The molecule has 0 aliphatic heterocycles. The molecule has 0 unspecified atom stereocenters. The lowest BCUT2D eigenvalue weighted by Gasteiger charge is -2.15. The van der Waals surface area contributed by atoms with Crippen LogP contribution in [0, 0.1) is 0 Å². The zero-order valence-corrected chi connectivity index (χ0v) is 16.4. The third-order valence-electron chi connectivity index (χ3n) is 4.21. The summed E-state index contributed by atoms with van der Waals surface area (Å²) in [6.45, 7) is 4.06. The number of aromatic nitrogens is 4. The van der Waals surface area contributed by atoms with Gasteiger partial charge in [0.05, 0.1) is 22.5 Å². The predicted octanol–water partition coefficient (Wildman–Crippen LogP) is 4.96. The van der Waals surface area contributed by atoms with Crippen molar-refractivity contribution in [3.05, 3.63) is 77.0 Å². The molecular weight excluding hydrogens is 370 g/mol. The SMILES string of the molecule is CC(C)n1c(-c2ccnc(Nc3ccccc3)n2)cnc1C(=O)c1cccs1. The van der Waals surface area contributed by atoms with Gasteiger partial charge in [-0.15, -0.1) is 11.3 Å². The van der Waals surface area contributed by atoms with E-state index in [0.717, 1.165) is 11.4 Å². The summed E-state index contributed by atoms with van der Waals surface area (Å²) in [6.07, 6.45) is 3.40. The highest BCUT2D eigenvalue weighted by atomic mass is 32.1. The van der Waals surface area contributed by atoms with E-state index in [-0.39, 0.29) is 11.8 Å². The lowest BCUT2D eigenvalue weighted by molar-refractivity contribution is 0.102. The molecule has 0 aliphatic rings. The molecule has 6 nitrogen and oxygen atoms in total. The largest absolute Gasteiger partial charge is 0.324 e. The molecule has 7 heteroatoms. The van der Waals surface area contributed by atoms with Crippen molar-refractivity contribution in [2.45, 2.75) is 19.9 Å². The Morgan fingerprint density at radius 3 is 2.61 bits per heavy atom. The predicted molar refractivity (Wildman–Crippen MR) is 111 cm³/mol. The number of rotatable bonds is 6. The summed E-state index contributed by atoms with van der Waals surface area (Å²) >= 11 is 1.42. The highest BCUT2D eigenvalue weighted by molar-refractivity contribution is 7.12. The van der Waals surface area contributed by atoms with E-state index in [0.29, 0.717) is 22.3 Å². The summed E-state index contributed by atoms with van der Waals surface area (Å²) in [5.41, 5.74) is 2.40. The zero-order chi connectivity index (χ0) is 19.5. The molecule has 140 valence electrons. The van der Waals surface area contributed by atoms with Crippen LogP contribution < -0.4 is 5.32 Å². The molecule has 0 bridgehead atoms. The van der Waals surface area contributed by atoms with Gasteiger partial charge >= 0.3 is 0 Å². The second-order valence-electron chi connectivity index (χ2n) is 6.49. The second-order valence-corrected chi connectivity index (χ2v) is 7.44. The molecule has 0 spiro atoms. The van der Waals surface area contributed by atoms with Crippen LogP contribution in [-0.2, 0) is 0 Å². The van der Waals surface area contributed by atoms with Crippen molar-refractivity contribution in [1.82, 2.24) is 19.5 Å². The van der Waals surface area contributed by atoms with Gasteiger partial charge in [-0.05, 0) is 43.5 Å². The number of benzene rings is 1. The topological polar surface area (TPSA) is 72.7 Å². The van der Waals surface area contributed by atoms with E-state index in [4.69, 9.17) is 0 Å². The highest BCUT2D eigenvalue weighted by Gasteiger charge is 2.22. The van der Waals surface area contributed by atoms with Gasteiger partial charge in [0.25, 0.3) is 0 Å². The summed E-state index contributed by atoms with van der Waals surface area (Å²) in [5.74, 6) is 0.835. The smallest absolute Gasteiger partial charge is 0.238 e. The monoisotopic (exact) mass is 389 g/mol. The maximum atomic E-state index is 12.9. The van der Waals surface area contributed by atoms with Gasteiger partial charge < -0.3 is 9.88 Å². The standard InChI is InChI=1S/C21H19N5OS/c1-14(2)26-17(13-23-20(26)19(27)18-9-6-12-28-18)16-10-11-22-21(25-16)24-15-7-4-3-5-8-15/h3-14H,1-2H3,(H,22,24,25). The first-order chi connectivity index (χ1) is 13.6. The number of carbonyl (C=O) groups excluding carboxylic acids is 1. The molecule has 4 rings (SSSR count). The van der Waals surface area contributed by atoms with E-state index in [1.807, 2.05) is 72.3 Å². The number of ketones is 1. The van der Waals surface area contributed by atoms with Gasteiger partial charge in [0.15, 0.2) is 5.82 Å². The molecular formula is C21H19N5OS. The quantitative estimate of drug-likeness (QED) is 0.472. The van der Waals surface area contributed by atoms with E-state index in [1.165, 1.54) is 11.3 Å². The molecule has 1 aromatic carbocycles. The number of hydrogen-bond acceptors (Lipinski definition) is 6. The fraction of sp³-hybridized carbons (Fsp3) is 0.143. The first-order valence-electron chi connectivity index (χ1n) is 8.94. The van der Waals surface area contributed by atoms with E-state index in [1.54, 1.807) is 12.4 Å². The molecule has 0 saturated heterocycles. The molecule has 0 atom stereocenters. The number of nitrogens with one attached hydrogen (secondary N) is 1. The van der Waals surface area contributed by atoms with E-state index in [9.17, 15) is 4.79 Å². The molecule has 3 heterocycles. The minimum atomic E-state index is -0.0772. The number of nitrogens with zero attached hydrogens (tertiary/aromatic N) is 4. The van der Waals surface area contributed by atoms with Gasteiger partial charge in [-0.25, -0.2) is 15.0 Å². The summed E-state index contributed by atoms with van der Waals surface area (Å²) < 4.78 is 1.93. The van der Waals surface area contributed by atoms with Crippen molar-refractivity contribution < 1.29 is 4.79 Å². The molecule has 4 aromatic rings. The van der Waals surface area contributed by atoms with Gasteiger partial charge in [0.2, 0.25) is 11.7 Å². The summed E-state index contributed by atoms with van der Waals surface area (Å²) in [6, 6.07) is 15.3. The molecule has 0 aliphatic carbocycles. The maximum Gasteiger partial charge on any atom is 0.238 e. The van der Waals surface area contributed by atoms with Crippen LogP contribution in [-0.4, -0.2) is 25.3 Å². The van der Waals surface area contributed by atoms with Crippen LogP contribution >= 0.6 is 11.3 Å². The van der Waals surface area contributed by atoms with Crippen molar-refractivity contribution in [2.24, 2.45) is 0 Å². The van der Waals surface area contributed by atoms with E-state index >= 15 is 0 Å². The minimum absolute atomic E-state index is 0.0527. The Labute approximate surface area is 166 Å². The average molecular weight is 389 g/mol. The van der Waals surface area contributed by atoms with Gasteiger partial charge in [-0.2, -0.15) is 0 Å². The van der Waals surface area contributed by atoms with E-state index in [2.05, 4.69) is 20.3 Å². The van der Waals surface area contributed by atoms with Gasteiger partial charge in [-0.3, -0.25) is 4.79 Å². The molecule has 0 saturated carbocycles. The number of imidazole rings is 1. The number of hydrogen-bond donors (Lipinski definition) is 1. The minimum Gasteiger partial charge on any atom is -0.324 e. The highest BCUT2D eigenvalue weighted by Crippen LogP contribution is 2.26. The van der Waals surface area contributed by atoms with Crippen LogP contribution in [0.2, 0.25) is 0 Å². The van der Waals surface area contributed by atoms with Crippen molar-refractivity contribution in [3.63, 3.8) is 0 Å². The Morgan fingerprint density at radius 2 is 1.89 bits per heavy atom. The first-order valence-corrected chi connectivity index (χ1v) is 9.82. The third-order valence-corrected chi connectivity index (χ3v) is 5.08. The fourth-order valence-electron chi connectivity index (χ4n) is 2.97. The summed E-state index contributed by atoms with van der Waals surface area (Å²) in [7, 11) is 0. The molecule has 0 radical (unpaired) electrons. The number of anilines is 2. The van der Waals surface area contributed by atoms with Crippen LogP contribution in [0.5, 0.6) is 0 Å². The third kappa shape index (κ3) is 3.57. The second kappa shape index (κ2) is 7.74. The van der Waals surface area contributed by atoms with Crippen molar-refractivity contribution in [2.75, 3.05) is 5.32 Å². The van der Waals surface area contributed by atoms with Crippen LogP contribution in [0.1, 0.15) is 35.4 Å². The Kier molecular flexibility index (Phi) is 4.99. The van der Waals surface area contributed by atoms with Gasteiger partial charge in [0, 0.05) is 17.9 Å². The normalized spacial score (nSPS) is 11.0. The van der Waals surface area contributed by atoms with E-state index < -0.39 is 0 Å². The summed E-state index contributed by atoms with van der Waals surface area (Å²) in [5, 5.41) is 5.09. The van der Waals surface area contributed by atoms with Crippen LogP contribution in [0.4, 0.5) is 11.6 Å². The maximum absolute atomic E-state index is 12.9. The zero-order valence-electron chi connectivity index (χ0n) is 15.5. The van der Waals surface area contributed by atoms with Crippen molar-refractivity contribution in [1.29, 1.82) is 0 Å². The van der Waals surface area contributed by atoms with Crippen LogP contribution in [0.15, 0.2) is 66.3 Å². The summed E-state index contributed by atoms with van der Waals surface area (Å²) in [4.78, 5) is 26.9. The Morgan fingerprint density at radius 1 is 1.07 bits per heavy atom. The molecule has 0 amide bonds. The number of carbonyl (C=O) groups is 1. The lowest BCUT2D eigenvalue weighted by Crippen LogP contribution is -2.14. The van der Waals surface area contributed by atoms with Crippen molar-refractivity contribution in [3.8, 4) is 11.4 Å². The van der Waals surface area contributed by atoms with Gasteiger partial charge in [0.1, 0.15) is 0 Å². The molecule has 3 aromatic heterocycles. The van der Waals surface area contributed by atoms with Crippen LogP contribution in [0.25, 0.3) is 11.4 Å². The van der Waals surface area contributed by atoms with Gasteiger partial charge in [-0.1, -0.05) is 24.3 Å². The first kappa shape index (κ1) is 18.1. The fourth-order valence-corrected chi connectivity index (χ4v) is 3.63. The Hall–Kier alpha value is -3.32. The molecule has 1 N–H and O–H groups in total. The number of thiophene rings is 1. The van der Waals surface area contributed by atoms with Crippen molar-refractivity contribution >= 4 is 28.8 Å². The molecule has 0 fully saturated rings. The Bertz CT molecular complexity index is 1090. The Balaban J connectivity index is 1.71. The number of para-hydroxylation sites is 1. The van der Waals surface area contributed by atoms with Crippen LogP contribution in [0.3, 0.4) is 0 Å². The average Bonchev–Trinajstić information content (AvgIpc) is 3.39.